The van der Waals surface area contributed by atoms with Gasteiger partial charge in [0.1, 0.15) is 17.2 Å². The Labute approximate surface area is 170 Å². The van der Waals surface area contributed by atoms with Crippen LogP contribution >= 0.6 is 0 Å². The summed E-state index contributed by atoms with van der Waals surface area (Å²) in [6.07, 6.45) is 1.53. The summed E-state index contributed by atoms with van der Waals surface area (Å²) in [4.78, 5) is 21.3. The molecule has 0 unspecified atom stereocenters. The molecule has 0 saturated heterocycles. The SMILES string of the molecule is COc1ccc(OC)c(Nc2nccc(C(=O)Nc3ccccc3C(C)C)n2)c1. The van der Waals surface area contributed by atoms with Gasteiger partial charge in [-0.1, -0.05) is 32.0 Å². The van der Waals surface area contributed by atoms with Crippen LogP contribution in [0.2, 0.25) is 0 Å². The first kappa shape index (κ1) is 20.1. The molecule has 0 aliphatic rings. The van der Waals surface area contributed by atoms with Gasteiger partial charge in [-0.2, -0.15) is 0 Å². The Kier molecular flexibility index (Phi) is 6.29. The molecule has 150 valence electrons. The average Bonchev–Trinajstić information content (AvgIpc) is 2.74. The molecular formula is C22H24N4O3. The van der Waals surface area contributed by atoms with Gasteiger partial charge in [0.15, 0.2) is 0 Å². The molecule has 0 bridgehead atoms. The third-order valence-corrected chi connectivity index (χ3v) is 4.37. The number of para-hydroxylation sites is 1. The Morgan fingerprint density at radius 3 is 2.52 bits per heavy atom. The van der Waals surface area contributed by atoms with Gasteiger partial charge in [0.2, 0.25) is 5.95 Å². The molecule has 1 heterocycles. The molecule has 29 heavy (non-hydrogen) atoms. The second-order valence-corrected chi connectivity index (χ2v) is 6.65. The minimum atomic E-state index is -0.304. The fourth-order valence-electron chi connectivity index (χ4n) is 2.88. The van der Waals surface area contributed by atoms with Gasteiger partial charge in [-0.05, 0) is 35.7 Å². The van der Waals surface area contributed by atoms with Crippen molar-refractivity contribution in [3.05, 3.63) is 66.0 Å². The zero-order valence-corrected chi connectivity index (χ0v) is 16.9. The van der Waals surface area contributed by atoms with Gasteiger partial charge >= 0.3 is 0 Å². The van der Waals surface area contributed by atoms with Crippen molar-refractivity contribution in [1.82, 2.24) is 9.97 Å². The van der Waals surface area contributed by atoms with E-state index in [1.165, 1.54) is 6.20 Å². The maximum absolute atomic E-state index is 12.7. The summed E-state index contributed by atoms with van der Waals surface area (Å²) in [6, 6.07) is 14.6. The number of rotatable bonds is 7. The van der Waals surface area contributed by atoms with Crippen LogP contribution in [0.1, 0.15) is 35.8 Å². The van der Waals surface area contributed by atoms with Crippen molar-refractivity contribution in [2.45, 2.75) is 19.8 Å². The van der Waals surface area contributed by atoms with E-state index in [1.54, 1.807) is 38.5 Å². The highest BCUT2D eigenvalue weighted by Crippen LogP contribution is 2.30. The van der Waals surface area contributed by atoms with Crippen molar-refractivity contribution in [2.24, 2.45) is 0 Å². The Hall–Kier alpha value is -3.61. The molecule has 0 saturated carbocycles. The number of ether oxygens (including phenoxy) is 2. The van der Waals surface area contributed by atoms with Crippen LogP contribution < -0.4 is 20.1 Å². The number of aromatic nitrogens is 2. The lowest BCUT2D eigenvalue weighted by Gasteiger charge is -2.14. The molecule has 0 aliphatic heterocycles. The van der Waals surface area contributed by atoms with Gasteiger partial charge in [0.25, 0.3) is 5.91 Å². The topological polar surface area (TPSA) is 85.4 Å². The van der Waals surface area contributed by atoms with E-state index in [-0.39, 0.29) is 23.5 Å². The smallest absolute Gasteiger partial charge is 0.274 e. The molecule has 0 spiro atoms. The van der Waals surface area contributed by atoms with Gasteiger partial charge < -0.3 is 20.1 Å². The zero-order valence-electron chi connectivity index (χ0n) is 16.9. The summed E-state index contributed by atoms with van der Waals surface area (Å²) in [5.41, 5.74) is 2.72. The minimum Gasteiger partial charge on any atom is -0.497 e. The molecule has 0 atom stereocenters. The molecule has 0 radical (unpaired) electrons. The van der Waals surface area contributed by atoms with Crippen molar-refractivity contribution >= 4 is 23.2 Å². The van der Waals surface area contributed by atoms with E-state index in [4.69, 9.17) is 9.47 Å². The van der Waals surface area contributed by atoms with E-state index in [0.717, 1.165) is 11.3 Å². The lowest BCUT2D eigenvalue weighted by molar-refractivity contribution is 0.102. The minimum absolute atomic E-state index is 0.253. The van der Waals surface area contributed by atoms with Crippen LogP contribution in [0.4, 0.5) is 17.3 Å². The predicted octanol–water partition coefficient (Wildman–Crippen LogP) is 4.61. The molecule has 2 N–H and O–H groups in total. The van der Waals surface area contributed by atoms with Crippen LogP contribution in [0.15, 0.2) is 54.7 Å². The monoisotopic (exact) mass is 392 g/mol. The first-order valence-corrected chi connectivity index (χ1v) is 9.24. The Morgan fingerprint density at radius 1 is 1.00 bits per heavy atom. The van der Waals surface area contributed by atoms with Crippen molar-refractivity contribution in [2.75, 3.05) is 24.9 Å². The first-order valence-electron chi connectivity index (χ1n) is 9.24. The highest BCUT2D eigenvalue weighted by molar-refractivity contribution is 6.03. The molecule has 0 aliphatic carbocycles. The van der Waals surface area contributed by atoms with Crippen LogP contribution in [-0.2, 0) is 0 Å². The van der Waals surface area contributed by atoms with E-state index >= 15 is 0 Å². The molecule has 7 heteroatoms. The first-order chi connectivity index (χ1) is 14.0. The molecule has 3 aromatic rings. The number of anilines is 3. The number of nitrogens with zero attached hydrogens (tertiary/aromatic N) is 2. The lowest BCUT2D eigenvalue weighted by Crippen LogP contribution is -2.16. The van der Waals surface area contributed by atoms with Gasteiger partial charge in [-0.25, -0.2) is 9.97 Å². The number of nitrogens with one attached hydrogen (secondary N) is 2. The summed E-state index contributed by atoms with van der Waals surface area (Å²) in [5.74, 6) is 1.53. The van der Waals surface area contributed by atoms with Crippen LogP contribution in [0.5, 0.6) is 11.5 Å². The molecule has 0 fully saturated rings. The van der Waals surface area contributed by atoms with Crippen molar-refractivity contribution in [3.8, 4) is 11.5 Å². The standard InChI is InChI=1S/C22H24N4O3/c1-14(2)16-7-5-6-8-17(16)24-21(27)18-11-12-23-22(25-18)26-19-13-15(28-3)9-10-20(19)29-4/h5-14H,1-4H3,(H,24,27)(H,23,25,26). The number of hydrogen-bond donors (Lipinski definition) is 2. The Bertz CT molecular complexity index is 1000. The van der Waals surface area contributed by atoms with Crippen LogP contribution in [0, 0.1) is 0 Å². The average molecular weight is 392 g/mol. The highest BCUT2D eigenvalue weighted by atomic mass is 16.5. The van der Waals surface area contributed by atoms with E-state index < -0.39 is 0 Å². The van der Waals surface area contributed by atoms with E-state index in [2.05, 4.69) is 34.4 Å². The number of hydrogen-bond acceptors (Lipinski definition) is 6. The maximum Gasteiger partial charge on any atom is 0.274 e. The van der Waals surface area contributed by atoms with Crippen LogP contribution in [-0.4, -0.2) is 30.1 Å². The number of methoxy groups -OCH3 is 2. The third kappa shape index (κ3) is 4.82. The molecule has 2 aromatic carbocycles. The van der Waals surface area contributed by atoms with Gasteiger partial charge in [0.05, 0.1) is 19.9 Å². The third-order valence-electron chi connectivity index (χ3n) is 4.37. The molecular weight excluding hydrogens is 368 g/mol. The van der Waals surface area contributed by atoms with E-state index in [0.29, 0.717) is 17.2 Å². The van der Waals surface area contributed by atoms with Gasteiger partial charge in [0, 0.05) is 18.0 Å². The van der Waals surface area contributed by atoms with Crippen LogP contribution in [0.3, 0.4) is 0 Å². The van der Waals surface area contributed by atoms with E-state index in [9.17, 15) is 4.79 Å². The van der Waals surface area contributed by atoms with Crippen molar-refractivity contribution in [1.29, 1.82) is 0 Å². The summed E-state index contributed by atoms with van der Waals surface area (Å²) < 4.78 is 10.6. The Balaban J connectivity index is 1.82. The molecule has 7 nitrogen and oxygen atoms in total. The number of carbonyl (C=O) groups excluding carboxylic acids is 1. The van der Waals surface area contributed by atoms with E-state index in [1.807, 2.05) is 24.3 Å². The van der Waals surface area contributed by atoms with Gasteiger partial charge in [-0.15, -0.1) is 0 Å². The summed E-state index contributed by atoms with van der Waals surface area (Å²) >= 11 is 0. The summed E-state index contributed by atoms with van der Waals surface area (Å²) in [6.45, 7) is 4.17. The zero-order chi connectivity index (χ0) is 20.8. The Morgan fingerprint density at radius 2 is 1.79 bits per heavy atom. The number of amides is 1. The summed E-state index contributed by atoms with van der Waals surface area (Å²) in [7, 11) is 3.16. The van der Waals surface area contributed by atoms with Crippen molar-refractivity contribution < 1.29 is 14.3 Å². The normalized spacial score (nSPS) is 10.5. The van der Waals surface area contributed by atoms with Crippen LogP contribution in [0.25, 0.3) is 0 Å². The quantitative estimate of drug-likeness (QED) is 0.611. The fraction of sp³-hybridized carbons (Fsp3) is 0.227. The van der Waals surface area contributed by atoms with Crippen molar-refractivity contribution in [3.63, 3.8) is 0 Å². The largest absolute Gasteiger partial charge is 0.497 e. The highest BCUT2D eigenvalue weighted by Gasteiger charge is 2.14. The predicted molar refractivity (Wildman–Crippen MR) is 113 cm³/mol. The lowest BCUT2D eigenvalue weighted by atomic mass is 10.0. The molecule has 1 amide bonds. The second-order valence-electron chi connectivity index (χ2n) is 6.65. The molecule has 3 rings (SSSR count). The fourth-order valence-corrected chi connectivity index (χ4v) is 2.88. The van der Waals surface area contributed by atoms with Gasteiger partial charge in [-0.3, -0.25) is 4.79 Å². The second kappa shape index (κ2) is 9.05. The number of benzene rings is 2. The number of carbonyl (C=O) groups is 1. The molecule has 1 aromatic heterocycles. The maximum atomic E-state index is 12.7. The summed E-state index contributed by atoms with van der Waals surface area (Å²) in [5, 5.41) is 6.02.